The van der Waals surface area contributed by atoms with Crippen LogP contribution in [0.4, 0.5) is 0 Å². The standard InChI is InChI=1S/C10H22N2O/c1-4-5-6-10(13)12-9(3)7-8(2)11/h8-9H,4-7,11H2,1-3H3,(H,12,13). The maximum atomic E-state index is 11.2. The van der Waals surface area contributed by atoms with Gasteiger partial charge in [0.15, 0.2) is 0 Å². The number of nitrogens with two attached hydrogens (primary N) is 1. The summed E-state index contributed by atoms with van der Waals surface area (Å²) in [4.78, 5) is 11.2. The maximum Gasteiger partial charge on any atom is 0.220 e. The molecule has 0 heterocycles. The van der Waals surface area contributed by atoms with Gasteiger partial charge in [0.05, 0.1) is 0 Å². The van der Waals surface area contributed by atoms with E-state index in [4.69, 9.17) is 5.73 Å². The van der Waals surface area contributed by atoms with Crippen LogP contribution in [0.15, 0.2) is 0 Å². The quantitative estimate of drug-likeness (QED) is 0.659. The van der Waals surface area contributed by atoms with Crippen molar-refractivity contribution in [1.82, 2.24) is 5.32 Å². The Morgan fingerprint density at radius 1 is 1.46 bits per heavy atom. The summed E-state index contributed by atoms with van der Waals surface area (Å²) in [6, 6.07) is 0.353. The molecule has 0 fully saturated rings. The Morgan fingerprint density at radius 2 is 2.08 bits per heavy atom. The molecule has 0 aliphatic rings. The normalized spacial score (nSPS) is 15.1. The van der Waals surface area contributed by atoms with E-state index >= 15 is 0 Å². The Balaban J connectivity index is 3.53. The van der Waals surface area contributed by atoms with Crippen molar-refractivity contribution >= 4 is 5.91 Å². The average Bonchev–Trinajstić information content (AvgIpc) is 1.98. The van der Waals surface area contributed by atoms with Gasteiger partial charge < -0.3 is 11.1 Å². The summed E-state index contributed by atoms with van der Waals surface area (Å²) in [5.41, 5.74) is 5.62. The molecule has 0 bridgehead atoms. The predicted molar refractivity (Wildman–Crippen MR) is 55.4 cm³/mol. The zero-order valence-electron chi connectivity index (χ0n) is 8.97. The Bertz CT molecular complexity index is 146. The zero-order chi connectivity index (χ0) is 10.3. The lowest BCUT2D eigenvalue weighted by Gasteiger charge is -2.15. The van der Waals surface area contributed by atoms with Gasteiger partial charge in [-0.05, 0) is 26.7 Å². The smallest absolute Gasteiger partial charge is 0.220 e. The molecule has 0 saturated heterocycles. The summed E-state index contributed by atoms with van der Waals surface area (Å²) < 4.78 is 0. The van der Waals surface area contributed by atoms with Crippen LogP contribution in [0, 0.1) is 0 Å². The topological polar surface area (TPSA) is 55.1 Å². The SMILES string of the molecule is CCCCC(=O)NC(C)CC(C)N. The maximum absolute atomic E-state index is 11.2. The summed E-state index contributed by atoms with van der Waals surface area (Å²) in [7, 11) is 0. The second-order valence-electron chi connectivity index (χ2n) is 3.79. The summed E-state index contributed by atoms with van der Waals surface area (Å²) in [5.74, 6) is 0.148. The highest BCUT2D eigenvalue weighted by Gasteiger charge is 2.07. The fourth-order valence-corrected chi connectivity index (χ4v) is 1.30. The van der Waals surface area contributed by atoms with Crippen molar-refractivity contribution in [3.05, 3.63) is 0 Å². The number of nitrogens with one attached hydrogen (secondary N) is 1. The predicted octanol–water partition coefficient (Wildman–Crippen LogP) is 1.42. The van der Waals surface area contributed by atoms with Gasteiger partial charge in [0, 0.05) is 18.5 Å². The van der Waals surface area contributed by atoms with E-state index in [9.17, 15) is 4.79 Å². The molecule has 3 N–H and O–H groups in total. The molecule has 2 unspecified atom stereocenters. The summed E-state index contributed by atoms with van der Waals surface area (Å²) in [5, 5.41) is 2.93. The minimum Gasteiger partial charge on any atom is -0.354 e. The Hall–Kier alpha value is -0.570. The highest BCUT2D eigenvalue weighted by atomic mass is 16.1. The van der Waals surface area contributed by atoms with Crippen LogP contribution in [0.5, 0.6) is 0 Å². The van der Waals surface area contributed by atoms with Crippen molar-refractivity contribution < 1.29 is 4.79 Å². The summed E-state index contributed by atoms with van der Waals surface area (Å²) >= 11 is 0. The fourth-order valence-electron chi connectivity index (χ4n) is 1.30. The van der Waals surface area contributed by atoms with Crippen molar-refractivity contribution in [2.75, 3.05) is 0 Å². The molecule has 0 aromatic rings. The van der Waals surface area contributed by atoms with E-state index in [0.717, 1.165) is 19.3 Å². The second kappa shape index (κ2) is 6.89. The van der Waals surface area contributed by atoms with E-state index in [-0.39, 0.29) is 18.0 Å². The number of hydrogen-bond acceptors (Lipinski definition) is 2. The molecule has 2 atom stereocenters. The number of carbonyl (C=O) groups is 1. The lowest BCUT2D eigenvalue weighted by molar-refractivity contribution is -0.121. The van der Waals surface area contributed by atoms with E-state index < -0.39 is 0 Å². The number of carbonyl (C=O) groups excluding carboxylic acids is 1. The highest BCUT2D eigenvalue weighted by Crippen LogP contribution is 1.98. The van der Waals surface area contributed by atoms with E-state index in [1.54, 1.807) is 0 Å². The van der Waals surface area contributed by atoms with Crippen molar-refractivity contribution in [2.45, 2.75) is 58.5 Å². The van der Waals surface area contributed by atoms with Crippen LogP contribution in [-0.2, 0) is 4.79 Å². The van der Waals surface area contributed by atoms with Crippen LogP contribution < -0.4 is 11.1 Å². The molecule has 78 valence electrons. The zero-order valence-corrected chi connectivity index (χ0v) is 8.97. The second-order valence-corrected chi connectivity index (χ2v) is 3.79. The Morgan fingerprint density at radius 3 is 2.54 bits per heavy atom. The monoisotopic (exact) mass is 186 g/mol. The molecule has 0 rings (SSSR count). The van der Waals surface area contributed by atoms with Crippen LogP contribution in [0.3, 0.4) is 0 Å². The molecule has 0 radical (unpaired) electrons. The van der Waals surface area contributed by atoms with Gasteiger partial charge in [0.2, 0.25) is 5.91 Å². The molecule has 3 heteroatoms. The number of rotatable bonds is 6. The van der Waals surface area contributed by atoms with Crippen molar-refractivity contribution in [1.29, 1.82) is 0 Å². The first kappa shape index (κ1) is 12.4. The van der Waals surface area contributed by atoms with Crippen molar-refractivity contribution in [2.24, 2.45) is 5.73 Å². The van der Waals surface area contributed by atoms with Gasteiger partial charge in [-0.2, -0.15) is 0 Å². The Kier molecular flexibility index (Phi) is 6.59. The molecule has 0 aromatic carbocycles. The molecule has 0 aliphatic carbocycles. The largest absolute Gasteiger partial charge is 0.354 e. The Labute approximate surface area is 81.1 Å². The minimum atomic E-state index is 0.148. The first-order valence-corrected chi connectivity index (χ1v) is 5.11. The minimum absolute atomic E-state index is 0.148. The molecular formula is C10H22N2O. The molecule has 13 heavy (non-hydrogen) atoms. The van der Waals surface area contributed by atoms with Gasteiger partial charge in [-0.15, -0.1) is 0 Å². The van der Waals surface area contributed by atoms with Gasteiger partial charge in [0.1, 0.15) is 0 Å². The van der Waals surface area contributed by atoms with E-state index in [1.807, 2.05) is 13.8 Å². The third kappa shape index (κ3) is 7.78. The molecule has 0 saturated carbocycles. The van der Waals surface area contributed by atoms with Gasteiger partial charge in [-0.3, -0.25) is 4.79 Å². The molecule has 3 nitrogen and oxygen atoms in total. The van der Waals surface area contributed by atoms with Crippen LogP contribution in [0.1, 0.15) is 46.5 Å². The van der Waals surface area contributed by atoms with E-state index in [2.05, 4.69) is 12.2 Å². The molecule has 0 aliphatic heterocycles. The fraction of sp³-hybridized carbons (Fsp3) is 0.900. The van der Waals surface area contributed by atoms with Crippen LogP contribution >= 0.6 is 0 Å². The van der Waals surface area contributed by atoms with Crippen molar-refractivity contribution in [3.8, 4) is 0 Å². The summed E-state index contributed by atoms with van der Waals surface area (Å²) in [6.45, 7) is 6.03. The number of amides is 1. The van der Waals surface area contributed by atoms with Crippen LogP contribution in [0.2, 0.25) is 0 Å². The first-order valence-electron chi connectivity index (χ1n) is 5.11. The van der Waals surface area contributed by atoms with Crippen LogP contribution in [0.25, 0.3) is 0 Å². The number of unbranched alkanes of at least 4 members (excludes halogenated alkanes) is 1. The van der Waals surface area contributed by atoms with E-state index in [0.29, 0.717) is 6.42 Å². The summed E-state index contributed by atoms with van der Waals surface area (Å²) in [6.07, 6.45) is 3.52. The average molecular weight is 186 g/mol. The first-order chi connectivity index (χ1) is 6.06. The van der Waals surface area contributed by atoms with Gasteiger partial charge in [-0.25, -0.2) is 0 Å². The van der Waals surface area contributed by atoms with Crippen molar-refractivity contribution in [3.63, 3.8) is 0 Å². The van der Waals surface area contributed by atoms with Gasteiger partial charge in [-0.1, -0.05) is 13.3 Å². The number of hydrogen-bond donors (Lipinski definition) is 2. The molecular weight excluding hydrogens is 164 g/mol. The van der Waals surface area contributed by atoms with E-state index in [1.165, 1.54) is 0 Å². The lowest BCUT2D eigenvalue weighted by Crippen LogP contribution is -2.36. The third-order valence-electron chi connectivity index (χ3n) is 1.89. The van der Waals surface area contributed by atoms with Gasteiger partial charge in [0.25, 0.3) is 0 Å². The molecule has 1 amide bonds. The molecule has 0 aromatic heterocycles. The van der Waals surface area contributed by atoms with Gasteiger partial charge >= 0.3 is 0 Å². The highest BCUT2D eigenvalue weighted by molar-refractivity contribution is 5.76. The third-order valence-corrected chi connectivity index (χ3v) is 1.89. The lowest BCUT2D eigenvalue weighted by atomic mass is 10.1. The molecule has 0 spiro atoms. The van der Waals surface area contributed by atoms with Crippen LogP contribution in [-0.4, -0.2) is 18.0 Å².